The molecule has 3 N–H and O–H groups in total. The quantitative estimate of drug-likeness (QED) is 0.505. The third-order valence-electron chi connectivity index (χ3n) is 5.57. The minimum absolute atomic E-state index is 0.219. The molecule has 0 spiro atoms. The number of hydrogen-bond acceptors (Lipinski definition) is 8. The zero-order valence-corrected chi connectivity index (χ0v) is 19.4. The highest BCUT2D eigenvalue weighted by Crippen LogP contribution is 2.30. The van der Waals surface area contributed by atoms with E-state index < -0.39 is 0 Å². The lowest BCUT2D eigenvalue weighted by Crippen LogP contribution is -2.47. The Balaban J connectivity index is 1.41. The summed E-state index contributed by atoms with van der Waals surface area (Å²) in [5, 5.41) is 3.20. The summed E-state index contributed by atoms with van der Waals surface area (Å²) in [5.41, 5.74) is 8.66. The lowest BCUT2D eigenvalue weighted by molar-refractivity contribution is 0.0459. The van der Waals surface area contributed by atoms with E-state index in [1.807, 2.05) is 24.8 Å². The van der Waals surface area contributed by atoms with Crippen molar-refractivity contribution in [3.63, 3.8) is 0 Å². The highest BCUT2D eigenvalue weighted by molar-refractivity contribution is 5.90. The third kappa shape index (κ3) is 5.36. The van der Waals surface area contributed by atoms with Crippen molar-refractivity contribution < 1.29 is 13.9 Å². The number of ether oxygens (including phenoxy) is 1. The predicted octanol–water partition coefficient (Wildman–Crippen LogP) is 4.08. The SMILES string of the molecule is CC(C)COC(=O)c1ccc(Nc2ncnc(N3CCN(c4ccccc4F)CC3)c2N)cc1. The molecule has 2 aromatic carbocycles. The summed E-state index contributed by atoms with van der Waals surface area (Å²) in [6.07, 6.45) is 1.47. The maximum Gasteiger partial charge on any atom is 0.338 e. The molecular weight excluding hydrogens is 435 g/mol. The summed E-state index contributed by atoms with van der Waals surface area (Å²) in [7, 11) is 0. The van der Waals surface area contributed by atoms with E-state index in [0.717, 1.165) is 5.69 Å². The summed E-state index contributed by atoms with van der Waals surface area (Å²) in [6, 6.07) is 13.8. The van der Waals surface area contributed by atoms with Gasteiger partial charge in [0.25, 0.3) is 0 Å². The standard InChI is InChI=1S/C25H29FN6O2/c1-17(2)15-34-25(33)18-7-9-19(10-8-18)30-23-22(27)24(29-16-28-23)32-13-11-31(12-14-32)21-6-4-3-5-20(21)26/h3-10,16-17H,11-15,27H2,1-2H3,(H,28,29,30). The largest absolute Gasteiger partial charge is 0.462 e. The van der Waals surface area contributed by atoms with Gasteiger partial charge in [-0.1, -0.05) is 26.0 Å². The van der Waals surface area contributed by atoms with Crippen LogP contribution in [-0.4, -0.2) is 48.7 Å². The average molecular weight is 465 g/mol. The van der Waals surface area contributed by atoms with Gasteiger partial charge in [0.1, 0.15) is 17.8 Å². The van der Waals surface area contributed by atoms with Crippen LogP contribution < -0.4 is 20.9 Å². The first-order valence-electron chi connectivity index (χ1n) is 11.3. The first kappa shape index (κ1) is 23.3. The van der Waals surface area contributed by atoms with Crippen molar-refractivity contribution >= 4 is 34.7 Å². The number of anilines is 5. The number of hydrogen-bond donors (Lipinski definition) is 2. The molecule has 8 nitrogen and oxygen atoms in total. The van der Waals surface area contributed by atoms with Crippen molar-refractivity contribution in [3.05, 3.63) is 66.2 Å². The van der Waals surface area contributed by atoms with E-state index in [1.54, 1.807) is 36.4 Å². The molecule has 1 saturated heterocycles. The molecule has 34 heavy (non-hydrogen) atoms. The second-order valence-electron chi connectivity index (χ2n) is 8.58. The number of halogens is 1. The van der Waals surface area contributed by atoms with E-state index >= 15 is 0 Å². The Morgan fingerprint density at radius 1 is 1.06 bits per heavy atom. The number of esters is 1. The number of nitrogens with two attached hydrogens (primary N) is 1. The van der Waals surface area contributed by atoms with Crippen molar-refractivity contribution in [2.75, 3.05) is 53.6 Å². The number of aromatic nitrogens is 2. The maximum absolute atomic E-state index is 14.1. The van der Waals surface area contributed by atoms with Crippen molar-refractivity contribution in [1.29, 1.82) is 0 Å². The van der Waals surface area contributed by atoms with Gasteiger partial charge in [-0.3, -0.25) is 0 Å². The molecule has 2 heterocycles. The minimum atomic E-state index is -0.349. The molecule has 0 amide bonds. The van der Waals surface area contributed by atoms with Gasteiger partial charge in [0.05, 0.1) is 17.9 Å². The van der Waals surface area contributed by atoms with E-state index in [4.69, 9.17) is 10.5 Å². The van der Waals surface area contributed by atoms with Gasteiger partial charge < -0.3 is 25.6 Å². The number of para-hydroxylation sites is 1. The fraction of sp³-hybridized carbons (Fsp3) is 0.320. The fourth-order valence-corrected chi connectivity index (χ4v) is 3.76. The second-order valence-corrected chi connectivity index (χ2v) is 8.58. The highest BCUT2D eigenvalue weighted by Gasteiger charge is 2.23. The van der Waals surface area contributed by atoms with E-state index in [2.05, 4.69) is 20.2 Å². The molecule has 4 rings (SSSR count). The van der Waals surface area contributed by atoms with Crippen LogP contribution in [0.2, 0.25) is 0 Å². The van der Waals surface area contributed by atoms with Crippen LogP contribution in [0.4, 0.5) is 33.1 Å². The molecule has 0 aliphatic carbocycles. The molecule has 1 aliphatic rings. The van der Waals surface area contributed by atoms with E-state index in [1.165, 1.54) is 12.4 Å². The van der Waals surface area contributed by atoms with Gasteiger partial charge in [0.15, 0.2) is 11.6 Å². The van der Waals surface area contributed by atoms with Gasteiger partial charge in [-0.05, 0) is 42.3 Å². The van der Waals surface area contributed by atoms with E-state index in [9.17, 15) is 9.18 Å². The smallest absolute Gasteiger partial charge is 0.338 e. The van der Waals surface area contributed by atoms with Gasteiger partial charge in [-0.15, -0.1) is 0 Å². The number of nitrogen functional groups attached to an aromatic ring is 1. The van der Waals surface area contributed by atoms with Gasteiger partial charge in [-0.2, -0.15) is 0 Å². The zero-order valence-electron chi connectivity index (χ0n) is 19.4. The lowest BCUT2D eigenvalue weighted by Gasteiger charge is -2.37. The number of nitrogens with one attached hydrogen (secondary N) is 1. The van der Waals surface area contributed by atoms with Crippen molar-refractivity contribution in [3.8, 4) is 0 Å². The zero-order chi connectivity index (χ0) is 24.1. The molecule has 0 saturated carbocycles. The number of benzene rings is 2. The number of piperazine rings is 1. The summed E-state index contributed by atoms with van der Waals surface area (Å²) in [6.45, 7) is 6.98. The van der Waals surface area contributed by atoms with Crippen molar-refractivity contribution in [2.45, 2.75) is 13.8 Å². The Morgan fingerprint density at radius 3 is 2.41 bits per heavy atom. The molecule has 1 aromatic heterocycles. The van der Waals surface area contributed by atoms with Gasteiger partial charge in [-0.25, -0.2) is 19.2 Å². The fourth-order valence-electron chi connectivity index (χ4n) is 3.76. The van der Waals surface area contributed by atoms with Crippen LogP contribution in [0, 0.1) is 11.7 Å². The van der Waals surface area contributed by atoms with Crippen LogP contribution in [0.5, 0.6) is 0 Å². The molecule has 3 aromatic rings. The van der Waals surface area contributed by atoms with Gasteiger partial charge >= 0.3 is 5.97 Å². The number of carbonyl (C=O) groups is 1. The molecule has 0 unspecified atom stereocenters. The van der Waals surface area contributed by atoms with E-state index in [0.29, 0.717) is 61.4 Å². The lowest BCUT2D eigenvalue weighted by atomic mass is 10.2. The molecular formula is C25H29FN6O2. The van der Waals surface area contributed by atoms with E-state index in [-0.39, 0.29) is 17.7 Å². The Kier molecular flexibility index (Phi) is 7.10. The Labute approximate surface area is 198 Å². The first-order valence-corrected chi connectivity index (χ1v) is 11.3. The van der Waals surface area contributed by atoms with Gasteiger partial charge in [0, 0.05) is 31.9 Å². The second kappa shape index (κ2) is 10.4. The van der Waals surface area contributed by atoms with Crippen molar-refractivity contribution in [1.82, 2.24) is 9.97 Å². The Bertz CT molecular complexity index is 1130. The van der Waals surface area contributed by atoms with Crippen LogP contribution in [0.3, 0.4) is 0 Å². The van der Waals surface area contributed by atoms with Crippen LogP contribution in [-0.2, 0) is 4.74 Å². The first-order chi connectivity index (χ1) is 16.4. The van der Waals surface area contributed by atoms with Gasteiger partial charge in [0.2, 0.25) is 0 Å². The predicted molar refractivity (Wildman–Crippen MR) is 132 cm³/mol. The summed E-state index contributed by atoms with van der Waals surface area (Å²) >= 11 is 0. The minimum Gasteiger partial charge on any atom is -0.462 e. The Morgan fingerprint density at radius 2 is 1.74 bits per heavy atom. The number of carbonyl (C=O) groups excluding carboxylic acids is 1. The summed E-state index contributed by atoms with van der Waals surface area (Å²) in [4.78, 5) is 24.9. The highest BCUT2D eigenvalue weighted by atomic mass is 19.1. The van der Waals surface area contributed by atoms with Crippen LogP contribution in [0.1, 0.15) is 24.2 Å². The molecule has 9 heteroatoms. The molecule has 178 valence electrons. The monoisotopic (exact) mass is 464 g/mol. The van der Waals surface area contributed by atoms with Crippen LogP contribution >= 0.6 is 0 Å². The third-order valence-corrected chi connectivity index (χ3v) is 5.57. The average Bonchev–Trinajstić information content (AvgIpc) is 2.85. The summed E-state index contributed by atoms with van der Waals surface area (Å²) in [5.74, 6) is 0.834. The topological polar surface area (TPSA) is 96.6 Å². The molecule has 0 radical (unpaired) electrons. The molecule has 0 bridgehead atoms. The van der Waals surface area contributed by atoms with Crippen LogP contribution in [0.15, 0.2) is 54.9 Å². The number of nitrogens with zero attached hydrogens (tertiary/aromatic N) is 4. The normalized spacial score (nSPS) is 13.8. The molecule has 0 atom stereocenters. The van der Waals surface area contributed by atoms with Crippen LogP contribution in [0.25, 0.3) is 0 Å². The number of rotatable bonds is 7. The Hall–Kier alpha value is -3.88. The molecule has 1 fully saturated rings. The maximum atomic E-state index is 14.1. The molecule has 1 aliphatic heterocycles. The summed E-state index contributed by atoms with van der Waals surface area (Å²) < 4.78 is 19.4. The van der Waals surface area contributed by atoms with Crippen molar-refractivity contribution in [2.24, 2.45) is 5.92 Å².